The smallest absolute Gasteiger partial charge is 0.234 e. The first kappa shape index (κ1) is 21.9. The number of carbonyl (C=O) groups excluding carboxylic acids is 1. The Bertz CT molecular complexity index is 1230. The second-order valence-corrected chi connectivity index (χ2v) is 8.51. The zero-order valence-corrected chi connectivity index (χ0v) is 19.6. The average molecular weight is 449 g/mol. The van der Waals surface area contributed by atoms with Gasteiger partial charge in [-0.3, -0.25) is 9.20 Å². The molecule has 0 saturated heterocycles. The molecule has 2 N–H and O–H groups in total. The molecule has 3 aromatic heterocycles. The molecule has 7 heteroatoms. The maximum Gasteiger partial charge on any atom is 0.234 e. The van der Waals surface area contributed by atoms with Crippen molar-refractivity contribution in [1.82, 2.24) is 9.38 Å². The number of carbonyl (C=O) groups is 1. The van der Waals surface area contributed by atoms with Crippen LogP contribution < -0.4 is 15.4 Å². The molecule has 0 bridgehead atoms. The summed E-state index contributed by atoms with van der Waals surface area (Å²) in [7, 11) is 1.62. The number of pyridine rings is 1. The van der Waals surface area contributed by atoms with Gasteiger partial charge in [0.15, 0.2) is 0 Å². The van der Waals surface area contributed by atoms with E-state index in [1.807, 2.05) is 50.2 Å². The Kier molecular flexibility index (Phi) is 6.46. The van der Waals surface area contributed by atoms with Crippen molar-refractivity contribution >= 4 is 34.4 Å². The van der Waals surface area contributed by atoms with Crippen LogP contribution in [0.25, 0.3) is 5.65 Å². The van der Waals surface area contributed by atoms with Crippen LogP contribution in [-0.2, 0) is 17.8 Å². The first-order valence-corrected chi connectivity index (χ1v) is 11.7. The second kappa shape index (κ2) is 9.44. The van der Waals surface area contributed by atoms with Crippen molar-refractivity contribution in [2.45, 2.75) is 39.7 Å². The van der Waals surface area contributed by atoms with Crippen LogP contribution in [0.3, 0.4) is 0 Å². The highest BCUT2D eigenvalue weighted by Gasteiger charge is 2.32. The lowest BCUT2D eigenvalue weighted by atomic mass is 9.90. The molecule has 1 aliphatic rings. The van der Waals surface area contributed by atoms with Gasteiger partial charge >= 0.3 is 0 Å². The van der Waals surface area contributed by atoms with E-state index in [1.54, 1.807) is 18.4 Å². The van der Waals surface area contributed by atoms with Crippen LogP contribution in [0.4, 0.5) is 11.5 Å². The number of anilines is 2. The Hall–Kier alpha value is -3.32. The third-order valence-electron chi connectivity index (χ3n) is 5.45. The zero-order chi connectivity index (χ0) is 22.7. The van der Waals surface area contributed by atoms with Gasteiger partial charge < -0.3 is 15.4 Å². The third-order valence-corrected chi connectivity index (χ3v) is 6.33. The normalized spacial score (nSPS) is 14.9. The number of fused-ring (bicyclic) bond motifs is 2. The van der Waals surface area contributed by atoms with E-state index in [-0.39, 0.29) is 11.8 Å². The summed E-state index contributed by atoms with van der Waals surface area (Å²) in [6.45, 7) is 6.74. The molecule has 32 heavy (non-hydrogen) atoms. The van der Waals surface area contributed by atoms with E-state index in [0.717, 1.165) is 39.7 Å². The van der Waals surface area contributed by atoms with Crippen LogP contribution in [0.5, 0.6) is 5.75 Å². The second-order valence-electron chi connectivity index (χ2n) is 7.48. The molecule has 1 atom stereocenters. The Morgan fingerprint density at radius 3 is 2.84 bits per heavy atom. The maximum atomic E-state index is 13.1. The van der Waals surface area contributed by atoms with Crippen molar-refractivity contribution < 1.29 is 9.53 Å². The summed E-state index contributed by atoms with van der Waals surface area (Å²) in [4.78, 5) is 19.1. The number of imidazole rings is 1. The molecular formula is C25H28N4O2S. The standard InChI is InChI=1S/C23H22N4O2S.C2H6/c1-14-5-8-20-26-21(22(27(20)13-14)24-12-17-4-3-9-30-17)18-10-15-6-7-16(29-2)11-19(15)25-23(18)28;1-2/h3-9,11,13,18,24H,10,12H2,1-2H3,(H,25,28);1-2H3. The topological polar surface area (TPSA) is 67.7 Å². The molecule has 1 aliphatic heterocycles. The maximum absolute atomic E-state index is 13.1. The molecule has 1 aromatic carbocycles. The quantitative estimate of drug-likeness (QED) is 0.415. The number of benzene rings is 1. The summed E-state index contributed by atoms with van der Waals surface area (Å²) in [5.74, 6) is 1.19. The number of rotatable bonds is 5. The number of hydrogen-bond acceptors (Lipinski definition) is 5. The molecule has 6 nitrogen and oxygen atoms in total. The molecule has 0 saturated carbocycles. The minimum Gasteiger partial charge on any atom is -0.497 e. The molecule has 4 aromatic rings. The highest BCUT2D eigenvalue weighted by molar-refractivity contribution is 7.09. The van der Waals surface area contributed by atoms with Crippen LogP contribution >= 0.6 is 11.3 Å². The van der Waals surface area contributed by atoms with E-state index in [1.165, 1.54) is 4.88 Å². The Morgan fingerprint density at radius 1 is 1.25 bits per heavy atom. The van der Waals surface area contributed by atoms with Gasteiger partial charge in [-0.1, -0.05) is 32.0 Å². The number of thiophene rings is 1. The Balaban J connectivity index is 0.00000119. The molecule has 4 heterocycles. The molecule has 0 fully saturated rings. The van der Waals surface area contributed by atoms with Crippen molar-refractivity contribution in [3.63, 3.8) is 0 Å². The fraction of sp³-hybridized carbons (Fsp3) is 0.280. The number of aromatic nitrogens is 2. The van der Waals surface area contributed by atoms with Gasteiger partial charge in [0.05, 0.1) is 25.3 Å². The highest BCUT2D eigenvalue weighted by atomic mass is 32.1. The lowest BCUT2D eigenvalue weighted by Crippen LogP contribution is -2.29. The number of amides is 1. The Morgan fingerprint density at radius 2 is 2.09 bits per heavy atom. The van der Waals surface area contributed by atoms with Gasteiger partial charge in [-0.15, -0.1) is 11.3 Å². The number of aryl methyl sites for hydroxylation is 1. The zero-order valence-electron chi connectivity index (χ0n) is 18.8. The number of ether oxygens (including phenoxy) is 1. The van der Waals surface area contributed by atoms with Crippen LogP contribution in [-0.4, -0.2) is 22.4 Å². The van der Waals surface area contributed by atoms with E-state index < -0.39 is 0 Å². The fourth-order valence-corrected chi connectivity index (χ4v) is 4.55. The van der Waals surface area contributed by atoms with Gasteiger partial charge in [-0.05, 0) is 48.1 Å². The summed E-state index contributed by atoms with van der Waals surface area (Å²) in [6, 6.07) is 14.0. The van der Waals surface area contributed by atoms with Gasteiger partial charge in [-0.25, -0.2) is 4.98 Å². The first-order valence-electron chi connectivity index (χ1n) is 10.8. The monoisotopic (exact) mass is 448 g/mol. The number of methoxy groups -OCH3 is 1. The number of nitrogens with one attached hydrogen (secondary N) is 2. The van der Waals surface area contributed by atoms with E-state index in [0.29, 0.717) is 13.0 Å². The molecule has 5 rings (SSSR count). The summed E-state index contributed by atoms with van der Waals surface area (Å²) in [6.07, 6.45) is 2.66. The van der Waals surface area contributed by atoms with Crippen molar-refractivity contribution in [3.8, 4) is 5.75 Å². The number of nitrogens with zero attached hydrogens (tertiary/aromatic N) is 2. The van der Waals surface area contributed by atoms with Crippen molar-refractivity contribution in [1.29, 1.82) is 0 Å². The molecule has 0 radical (unpaired) electrons. The van der Waals surface area contributed by atoms with Crippen LogP contribution in [0, 0.1) is 6.92 Å². The molecular weight excluding hydrogens is 420 g/mol. The number of hydrogen-bond donors (Lipinski definition) is 2. The van der Waals surface area contributed by atoms with Crippen molar-refractivity contribution in [2.75, 3.05) is 17.7 Å². The van der Waals surface area contributed by atoms with Crippen LogP contribution in [0.15, 0.2) is 54.0 Å². The highest BCUT2D eigenvalue weighted by Crippen LogP contribution is 2.36. The first-order chi connectivity index (χ1) is 15.6. The van der Waals surface area contributed by atoms with E-state index in [2.05, 4.69) is 39.6 Å². The fourth-order valence-electron chi connectivity index (χ4n) is 3.90. The summed E-state index contributed by atoms with van der Waals surface area (Å²) >= 11 is 1.71. The molecule has 1 unspecified atom stereocenters. The van der Waals surface area contributed by atoms with Gasteiger partial charge in [0.25, 0.3) is 0 Å². The summed E-state index contributed by atoms with van der Waals surface area (Å²) in [5, 5.41) is 8.64. The van der Waals surface area contributed by atoms with Crippen molar-refractivity contribution in [3.05, 3.63) is 75.7 Å². The largest absolute Gasteiger partial charge is 0.497 e. The molecule has 1 amide bonds. The molecule has 166 valence electrons. The SMILES string of the molecule is CC.COc1ccc2c(c1)NC(=O)C(c1nc3ccc(C)cn3c1NCc1cccs1)C2. The van der Waals surface area contributed by atoms with E-state index in [4.69, 9.17) is 9.72 Å². The minimum atomic E-state index is -0.364. The van der Waals surface area contributed by atoms with Gasteiger partial charge in [0.1, 0.15) is 17.2 Å². The van der Waals surface area contributed by atoms with Crippen LogP contribution in [0.2, 0.25) is 0 Å². The predicted molar refractivity (Wildman–Crippen MR) is 131 cm³/mol. The third kappa shape index (κ3) is 4.21. The van der Waals surface area contributed by atoms with Gasteiger partial charge in [0, 0.05) is 22.8 Å². The van der Waals surface area contributed by atoms with Crippen molar-refractivity contribution in [2.24, 2.45) is 0 Å². The predicted octanol–water partition coefficient (Wildman–Crippen LogP) is 5.63. The molecule has 0 spiro atoms. The molecule has 0 aliphatic carbocycles. The Labute approximate surface area is 192 Å². The van der Waals surface area contributed by atoms with Crippen LogP contribution in [0.1, 0.15) is 41.5 Å². The van der Waals surface area contributed by atoms with E-state index in [9.17, 15) is 4.79 Å². The van der Waals surface area contributed by atoms with E-state index >= 15 is 0 Å². The van der Waals surface area contributed by atoms with Gasteiger partial charge in [0.2, 0.25) is 5.91 Å². The minimum absolute atomic E-state index is 0.0462. The van der Waals surface area contributed by atoms with Gasteiger partial charge in [-0.2, -0.15) is 0 Å². The average Bonchev–Trinajstić information content (AvgIpc) is 3.45. The lowest BCUT2D eigenvalue weighted by Gasteiger charge is -2.25. The summed E-state index contributed by atoms with van der Waals surface area (Å²) in [5.41, 5.74) is 4.63. The lowest BCUT2D eigenvalue weighted by molar-refractivity contribution is -0.117. The summed E-state index contributed by atoms with van der Waals surface area (Å²) < 4.78 is 7.34.